The molecule has 1 saturated heterocycles. The second-order valence-corrected chi connectivity index (χ2v) is 7.72. The monoisotopic (exact) mass is 313 g/mol. The zero-order valence-corrected chi connectivity index (χ0v) is 11.4. The Morgan fingerprint density at radius 1 is 1.29 bits per heavy atom. The van der Waals surface area contributed by atoms with E-state index in [0.717, 1.165) is 0 Å². The molecule has 84 valence electrons. The molecule has 0 spiro atoms. The average molecular weight is 313 g/mol. The van der Waals surface area contributed by atoms with E-state index in [4.69, 9.17) is 0 Å². The molecule has 0 bridgehead atoms. The van der Waals surface area contributed by atoms with Crippen LogP contribution < -0.4 is 5.32 Å². The molecular weight excluding hydrogens is 293 g/mol. The number of hydrogen-bond acceptors (Lipinski definition) is 3. The van der Waals surface area contributed by atoms with Crippen molar-refractivity contribution in [2.45, 2.75) is 61.3 Å². The topological polar surface area (TPSA) is 52.5 Å². The Balaban J connectivity index is 2.92. The molecule has 3 unspecified atom stereocenters. The van der Waals surface area contributed by atoms with Crippen molar-refractivity contribution >= 4 is 22.6 Å². The number of piperidine rings is 1. The lowest BCUT2D eigenvalue weighted by Gasteiger charge is -2.50. The van der Waals surface area contributed by atoms with E-state index in [1.54, 1.807) is 6.92 Å². The highest BCUT2D eigenvalue weighted by Gasteiger charge is 2.49. The minimum atomic E-state index is -0.968. The van der Waals surface area contributed by atoms with Crippen molar-refractivity contribution in [1.82, 2.24) is 5.32 Å². The van der Waals surface area contributed by atoms with Crippen LogP contribution in [-0.2, 0) is 0 Å². The Kier molecular flexibility index (Phi) is 3.24. The maximum Gasteiger partial charge on any atom is 0.0945 e. The van der Waals surface area contributed by atoms with Crippen LogP contribution in [0.25, 0.3) is 0 Å². The summed E-state index contributed by atoms with van der Waals surface area (Å²) in [6, 6.07) is 0. The molecule has 0 aromatic carbocycles. The average Bonchev–Trinajstić information content (AvgIpc) is 1.76. The van der Waals surface area contributed by atoms with Gasteiger partial charge in [0, 0.05) is 12.0 Å². The normalized spacial score (nSPS) is 44.8. The molecule has 3 nitrogen and oxygen atoms in total. The number of aliphatic hydroxyl groups excluding tert-OH is 1. The zero-order chi connectivity index (χ0) is 11.2. The first-order valence-corrected chi connectivity index (χ1v) is 6.03. The smallest absolute Gasteiger partial charge is 0.0945 e. The van der Waals surface area contributed by atoms with Gasteiger partial charge >= 0.3 is 0 Å². The summed E-state index contributed by atoms with van der Waals surface area (Å²) in [6.45, 7) is 7.81. The van der Waals surface area contributed by atoms with Gasteiger partial charge in [-0.2, -0.15) is 0 Å². The fourth-order valence-electron chi connectivity index (χ4n) is 2.49. The van der Waals surface area contributed by atoms with Crippen molar-refractivity contribution < 1.29 is 10.2 Å². The molecule has 0 radical (unpaired) electrons. The number of rotatable bonds is 1. The van der Waals surface area contributed by atoms with Gasteiger partial charge in [0.15, 0.2) is 0 Å². The van der Waals surface area contributed by atoms with Crippen LogP contribution in [0.1, 0.15) is 40.5 Å². The van der Waals surface area contributed by atoms with Crippen LogP contribution >= 0.6 is 22.6 Å². The molecule has 0 amide bonds. The van der Waals surface area contributed by atoms with E-state index in [-0.39, 0.29) is 9.08 Å². The van der Waals surface area contributed by atoms with E-state index in [2.05, 4.69) is 41.8 Å². The molecule has 1 aliphatic rings. The van der Waals surface area contributed by atoms with Crippen LogP contribution in [0, 0.1) is 0 Å². The Labute approximate surface area is 99.4 Å². The molecule has 0 aliphatic carbocycles. The second kappa shape index (κ2) is 3.57. The van der Waals surface area contributed by atoms with Gasteiger partial charge in [0.1, 0.15) is 0 Å². The summed E-state index contributed by atoms with van der Waals surface area (Å²) in [5.74, 6) is 0. The van der Waals surface area contributed by atoms with E-state index in [0.29, 0.717) is 12.8 Å². The number of halogens is 1. The van der Waals surface area contributed by atoms with Crippen LogP contribution in [0.15, 0.2) is 0 Å². The third kappa shape index (κ3) is 2.81. The van der Waals surface area contributed by atoms with E-state index < -0.39 is 11.7 Å². The molecular formula is C10H20INO2. The molecule has 1 heterocycles. The minimum absolute atomic E-state index is 0.139. The summed E-state index contributed by atoms with van der Waals surface area (Å²) in [7, 11) is 0. The highest BCUT2D eigenvalue weighted by molar-refractivity contribution is 14.1. The second-order valence-electron chi connectivity index (χ2n) is 5.34. The lowest BCUT2D eigenvalue weighted by Crippen LogP contribution is -2.64. The van der Waals surface area contributed by atoms with Crippen molar-refractivity contribution in [3.63, 3.8) is 0 Å². The Morgan fingerprint density at radius 2 is 1.79 bits per heavy atom. The Morgan fingerprint density at radius 3 is 2.14 bits per heavy atom. The predicted octanol–water partition coefficient (Wildman–Crippen LogP) is 1.41. The Bertz CT molecular complexity index is 210. The maximum atomic E-state index is 10.3. The van der Waals surface area contributed by atoms with E-state index in [1.807, 2.05) is 6.92 Å². The third-order valence-corrected chi connectivity index (χ3v) is 3.41. The molecule has 0 aromatic rings. The van der Waals surface area contributed by atoms with Crippen molar-refractivity contribution in [3.05, 3.63) is 0 Å². The zero-order valence-electron chi connectivity index (χ0n) is 9.26. The molecule has 14 heavy (non-hydrogen) atoms. The van der Waals surface area contributed by atoms with Gasteiger partial charge in [-0.15, -0.1) is 0 Å². The van der Waals surface area contributed by atoms with Crippen LogP contribution in [0.4, 0.5) is 0 Å². The highest BCUT2D eigenvalue weighted by atomic mass is 127. The molecule has 0 saturated carbocycles. The van der Waals surface area contributed by atoms with Gasteiger partial charge in [-0.3, -0.25) is 5.32 Å². The number of aliphatic hydroxyl groups is 2. The van der Waals surface area contributed by atoms with Gasteiger partial charge in [0.25, 0.3) is 0 Å². The van der Waals surface area contributed by atoms with Crippen LogP contribution in [0.5, 0.6) is 0 Å². The molecule has 1 aliphatic heterocycles. The van der Waals surface area contributed by atoms with Gasteiger partial charge in [-0.25, -0.2) is 0 Å². The molecule has 3 N–H and O–H groups in total. The van der Waals surface area contributed by atoms with Gasteiger partial charge in [-0.05, 0) is 34.1 Å². The lowest BCUT2D eigenvalue weighted by molar-refractivity contribution is -0.114. The minimum Gasteiger partial charge on any atom is -0.390 e. The van der Waals surface area contributed by atoms with E-state index in [1.165, 1.54) is 0 Å². The first-order chi connectivity index (χ1) is 6.06. The Hall–Kier alpha value is 0.610. The van der Waals surface area contributed by atoms with Crippen molar-refractivity contribution in [1.29, 1.82) is 0 Å². The number of alkyl halides is 1. The van der Waals surface area contributed by atoms with Crippen molar-refractivity contribution in [2.24, 2.45) is 0 Å². The van der Waals surface area contributed by atoms with Crippen LogP contribution in [0.2, 0.25) is 0 Å². The summed E-state index contributed by atoms with van der Waals surface area (Å²) in [4.78, 5) is 0. The van der Waals surface area contributed by atoms with Crippen molar-refractivity contribution in [2.75, 3.05) is 0 Å². The van der Waals surface area contributed by atoms with Gasteiger partial charge in [0.05, 0.1) is 15.3 Å². The van der Waals surface area contributed by atoms with E-state index >= 15 is 0 Å². The van der Waals surface area contributed by atoms with Gasteiger partial charge in [-0.1, -0.05) is 22.6 Å². The van der Waals surface area contributed by atoms with E-state index in [9.17, 15) is 10.2 Å². The van der Waals surface area contributed by atoms with Gasteiger partial charge < -0.3 is 10.2 Å². The third-order valence-electron chi connectivity index (χ3n) is 2.76. The maximum absolute atomic E-state index is 10.3. The fraction of sp³-hybridized carbons (Fsp3) is 1.00. The first kappa shape index (κ1) is 12.7. The summed E-state index contributed by atoms with van der Waals surface area (Å²) in [6.07, 6.45) is 0.468. The molecule has 0 aromatic heterocycles. The lowest BCUT2D eigenvalue weighted by atomic mass is 9.75. The first-order valence-electron chi connectivity index (χ1n) is 4.95. The van der Waals surface area contributed by atoms with Crippen LogP contribution in [0.3, 0.4) is 0 Å². The fourth-order valence-corrected chi connectivity index (χ4v) is 3.88. The standard InChI is InChI=1S/C10H20INO2/c1-7(13)10(14)5-8(2,3)12-9(4,11)6-10/h7,12-14H,5-6H2,1-4H3. The highest BCUT2D eigenvalue weighted by Crippen LogP contribution is 2.40. The van der Waals surface area contributed by atoms with Gasteiger partial charge in [0.2, 0.25) is 0 Å². The van der Waals surface area contributed by atoms with Crippen molar-refractivity contribution in [3.8, 4) is 0 Å². The van der Waals surface area contributed by atoms with Crippen LogP contribution in [-0.4, -0.2) is 31.0 Å². The summed E-state index contributed by atoms with van der Waals surface area (Å²) < 4.78 is -0.161. The number of nitrogens with one attached hydrogen (secondary N) is 1. The number of hydrogen-bond donors (Lipinski definition) is 3. The summed E-state index contributed by atoms with van der Waals surface area (Å²) >= 11 is 2.29. The SMILES string of the molecule is CC(O)C1(O)CC(C)(C)NC(C)(I)C1. The molecule has 4 heteroatoms. The molecule has 1 fully saturated rings. The largest absolute Gasteiger partial charge is 0.390 e. The summed E-state index contributed by atoms with van der Waals surface area (Å²) in [5, 5.41) is 23.4. The molecule has 1 rings (SSSR count). The quantitative estimate of drug-likeness (QED) is 0.390. The summed E-state index contributed by atoms with van der Waals surface area (Å²) in [5.41, 5.74) is -1.11. The predicted molar refractivity (Wildman–Crippen MR) is 65.5 cm³/mol. The molecule has 3 atom stereocenters.